The van der Waals surface area contributed by atoms with Gasteiger partial charge in [-0.15, -0.1) is 0 Å². The Morgan fingerprint density at radius 2 is 1.85 bits per heavy atom. The van der Waals surface area contributed by atoms with Crippen LogP contribution in [-0.2, 0) is 20.2 Å². The molecule has 13 heavy (non-hydrogen) atoms. The fourth-order valence-electron chi connectivity index (χ4n) is 1.04. The lowest BCUT2D eigenvalue weighted by atomic mass is 10.2. The lowest BCUT2D eigenvalue weighted by Crippen LogP contribution is -1.87. The summed E-state index contributed by atoms with van der Waals surface area (Å²) in [5, 5.41) is 0. The number of hydrogen-bond acceptors (Lipinski definition) is 3. The Morgan fingerprint density at radius 1 is 1.15 bits per heavy atom. The summed E-state index contributed by atoms with van der Waals surface area (Å²) >= 11 is 0. The molecule has 0 N–H and O–H groups in total. The van der Waals surface area contributed by atoms with Gasteiger partial charge < -0.3 is 13.6 Å². The topological polar surface area (TPSA) is 27.7 Å². The number of hydrogen-bond donors (Lipinski definition) is 0. The summed E-state index contributed by atoms with van der Waals surface area (Å²) in [6, 6.07) is 10.00. The van der Waals surface area contributed by atoms with Crippen molar-refractivity contribution >= 4 is 8.60 Å². The van der Waals surface area contributed by atoms with Crippen molar-refractivity contribution in [1.82, 2.24) is 0 Å². The van der Waals surface area contributed by atoms with Crippen LogP contribution in [0.5, 0.6) is 0 Å². The van der Waals surface area contributed by atoms with Gasteiger partial charge in [0.05, 0.1) is 19.8 Å². The van der Waals surface area contributed by atoms with Crippen molar-refractivity contribution in [3.05, 3.63) is 35.9 Å². The molecule has 0 amide bonds. The van der Waals surface area contributed by atoms with Crippen LogP contribution in [0.3, 0.4) is 0 Å². The summed E-state index contributed by atoms with van der Waals surface area (Å²) in [6.45, 7) is 1.87. The Labute approximate surface area is 78.6 Å². The van der Waals surface area contributed by atoms with Gasteiger partial charge in [0.2, 0.25) is 0 Å². The quantitative estimate of drug-likeness (QED) is 0.698. The van der Waals surface area contributed by atoms with Crippen LogP contribution in [0.4, 0.5) is 0 Å². The first-order valence-electron chi connectivity index (χ1n) is 4.18. The van der Waals surface area contributed by atoms with Crippen LogP contribution in [0, 0.1) is 0 Å². The molecular weight excluding hydrogens is 187 g/mol. The van der Waals surface area contributed by atoms with Crippen LogP contribution in [0.15, 0.2) is 30.3 Å². The number of benzene rings is 1. The van der Waals surface area contributed by atoms with Crippen LogP contribution in [0.25, 0.3) is 0 Å². The molecule has 1 aliphatic heterocycles. The predicted molar refractivity (Wildman–Crippen MR) is 50.1 cm³/mol. The van der Waals surface area contributed by atoms with Gasteiger partial charge in [-0.2, -0.15) is 0 Å². The molecule has 4 heteroatoms. The second-order valence-corrected chi connectivity index (χ2v) is 3.87. The minimum atomic E-state index is -1.07. The van der Waals surface area contributed by atoms with Gasteiger partial charge in [-0.3, -0.25) is 0 Å². The summed E-state index contributed by atoms with van der Waals surface area (Å²) in [6.07, 6.45) is 0. The Balaban J connectivity index is 1.79. The van der Waals surface area contributed by atoms with E-state index in [0.29, 0.717) is 19.8 Å². The van der Waals surface area contributed by atoms with Crippen molar-refractivity contribution in [2.75, 3.05) is 13.2 Å². The van der Waals surface area contributed by atoms with Gasteiger partial charge in [-0.25, -0.2) is 0 Å². The zero-order valence-electron chi connectivity index (χ0n) is 7.18. The first-order chi connectivity index (χ1) is 6.45. The molecule has 0 spiro atoms. The van der Waals surface area contributed by atoms with Gasteiger partial charge in [0.1, 0.15) is 0 Å². The van der Waals surface area contributed by atoms with Crippen LogP contribution in [0.1, 0.15) is 5.56 Å². The van der Waals surface area contributed by atoms with Crippen molar-refractivity contribution in [2.24, 2.45) is 0 Å². The van der Waals surface area contributed by atoms with E-state index in [4.69, 9.17) is 13.6 Å². The second-order valence-electron chi connectivity index (χ2n) is 2.65. The third kappa shape index (κ3) is 2.75. The van der Waals surface area contributed by atoms with Crippen LogP contribution in [0.2, 0.25) is 0 Å². The standard InChI is InChI=1S/C9H11O3P/c1-2-4-9(5-3-1)8-12-13-10-6-7-11-13/h1-5H,6-8H2. The molecule has 70 valence electrons. The van der Waals surface area contributed by atoms with E-state index in [2.05, 4.69) is 0 Å². The summed E-state index contributed by atoms with van der Waals surface area (Å²) in [5.74, 6) is 0. The zero-order chi connectivity index (χ0) is 8.93. The highest BCUT2D eigenvalue weighted by Crippen LogP contribution is 2.44. The molecule has 0 aliphatic carbocycles. The largest absolute Gasteiger partial charge is 0.333 e. The minimum absolute atomic E-state index is 0.562. The van der Waals surface area contributed by atoms with Gasteiger partial charge in [0.15, 0.2) is 0 Å². The van der Waals surface area contributed by atoms with E-state index in [1.54, 1.807) is 0 Å². The van der Waals surface area contributed by atoms with Gasteiger partial charge in [-0.1, -0.05) is 30.3 Å². The lowest BCUT2D eigenvalue weighted by molar-refractivity contribution is 0.238. The summed E-state index contributed by atoms with van der Waals surface area (Å²) in [5.41, 5.74) is 1.14. The maximum absolute atomic E-state index is 5.41. The van der Waals surface area contributed by atoms with E-state index < -0.39 is 8.60 Å². The lowest BCUT2D eigenvalue weighted by Gasteiger charge is -2.07. The fraction of sp³-hybridized carbons (Fsp3) is 0.333. The second kappa shape index (κ2) is 4.68. The molecule has 1 heterocycles. The Hall–Kier alpha value is -0.470. The molecule has 1 aromatic rings. The third-order valence-electron chi connectivity index (χ3n) is 1.66. The first-order valence-corrected chi connectivity index (χ1v) is 5.27. The molecular formula is C9H11O3P. The molecule has 0 bridgehead atoms. The van der Waals surface area contributed by atoms with Gasteiger partial charge in [-0.05, 0) is 5.56 Å². The van der Waals surface area contributed by atoms with Crippen molar-refractivity contribution in [1.29, 1.82) is 0 Å². The van der Waals surface area contributed by atoms with Gasteiger partial charge in [0.25, 0.3) is 0 Å². The van der Waals surface area contributed by atoms with Crippen LogP contribution < -0.4 is 0 Å². The van der Waals surface area contributed by atoms with Crippen molar-refractivity contribution in [2.45, 2.75) is 6.61 Å². The highest BCUT2D eigenvalue weighted by Gasteiger charge is 2.18. The molecule has 1 aliphatic rings. The van der Waals surface area contributed by atoms with E-state index in [1.807, 2.05) is 30.3 Å². The summed E-state index contributed by atoms with van der Waals surface area (Å²) < 4.78 is 15.8. The molecule has 0 radical (unpaired) electrons. The Bertz CT molecular complexity index is 246. The molecule has 0 unspecified atom stereocenters. The molecule has 3 nitrogen and oxygen atoms in total. The molecule has 0 aromatic heterocycles. The van der Waals surface area contributed by atoms with Crippen molar-refractivity contribution < 1.29 is 13.6 Å². The average molecular weight is 198 g/mol. The van der Waals surface area contributed by atoms with Gasteiger partial charge >= 0.3 is 8.60 Å². The van der Waals surface area contributed by atoms with Crippen LogP contribution in [-0.4, -0.2) is 13.2 Å². The van der Waals surface area contributed by atoms with Crippen molar-refractivity contribution in [3.8, 4) is 0 Å². The average Bonchev–Trinajstić information content (AvgIpc) is 2.69. The van der Waals surface area contributed by atoms with E-state index in [9.17, 15) is 0 Å². The SMILES string of the molecule is c1ccc(COP2OCCO2)cc1. The Kier molecular flexibility index (Phi) is 3.27. The molecule has 1 fully saturated rings. The summed E-state index contributed by atoms with van der Waals surface area (Å²) in [7, 11) is -1.07. The van der Waals surface area contributed by atoms with Crippen molar-refractivity contribution in [3.63, 3.8) is 0 Å². The fourth-order valence-corrected chi connectivity index (χ4v) is 1.96. The zero-order valence-corrected chi connectivity index (χ0v) is 8.07. The van der Waals surface area contributed by atoms with E-state index in [1.165, 1.54) is 0 Å². The first kappa shape index (κ1) is 9.10. The molecule has 0 atom stereocenters. The van der Waals surface area contributed by atoms with E-state index >= 15 is 0 Å². The smallest absolute Gasteiger partial charge is 0.310 e. The molecule has 1 saturated heterocycles. The summed E-state index contributed by atoms with van der Waals surface area (Å²) in [4.78, 5) is 0. The monoisotopic (exact) mass is 198 g/mol. The van der Waals surface area contributed by atoms with Gasteiger partial charge in [0, 0.05) is 0 Å². The van der Waals surface area contributed by atoms with E-state index in [-0.39, 0.29) is 0 Å². The molecule has 0 saturated carbocycles. The molecule has 2 rings (SSSR count). The predicted octanol–water partition coefficient (Wildman–Crippen LogP) is 2.48. The normalized spacial score (nSPS) is 17.8. The highest BCUT2D eigenvalue weighted by atomic mass is 31.2. The maximum atomic E-state index is 5.41. The minimum Gasteiger partial charge on any atom is -0.310 e. The molecule has 1 aromatic carbocycles. The Morgan fingerprint density at radius 3 is 2.54 bits per heavy atom. The van der Waals surface area contributed by atoms with E-state index in [0.717, 1.165) is 5.56 Å². The van der Waals surface area contributed by atoms with Crippen LogP contribution >= 0.6 is 8.60 Å². The third-order valence-corrected chi connectivity index (χ3v) is 2.78. The number of rotatable bonds is 3. The maximum Gasteiger partial charge on any atom is 0.333 e. The highest BCUT2D eigenvalue weighted by molar-refractivity contribution is 7.41.